The van der Waals surface area contributed by atoms with Crippen LogP contribution in [0.4, 0.5) is 0 Å². The van der Waals surface area contributed by atoms with Crippen LogP contribution in [0.25, 0.3) is 0 Å². The molecule has 0 saturated carbocycles. The Labute approximate surface area is 138 Å². The number of thiophene rings is 1. The number of rotatable bonds is 2. The van der Waals surface area contributed by atoms with Crippen molar-refractivity contribution in [3.63, 3.8) is 0 Å². The molecule has 4 rings (SSSR count). The number of aryl methyl sites for hydroxylation is 2. The third-order valence-corrected chi connectivity index (χ3v) is 7.26. The van der Waals surface area contributed by atoms with E-state index in [0.29, 0.717) is 4.83 Å². The predicted molar refractivity (Wildman–Crippen MR) is 92.1 cm³/mol. The highest BCUT2D eigenvalue weighted by molar-refractivity contribution is 9.09. The van der Waals surface area contributed by atoms with E-state index in [4.69, 9.17) is 4.74 Å². The lowest BCUT2D eigenvalue weighted by Gasteiger charge is -2.17. The van der Waals surface area contributed by atoms with Crippen molar-refractivity contribution in [2.24, 2.45) is 0 Å². The van der Waals surface area contributed by atoms with Gasteiger partial charge in [0.1, 0.15) is 5.75 Å². The molecule has 2 aliphatic rings. The molecular formula is C18H19BrOS. The lowest BCUT2D eigenvalue weighted by Crippen LogP contribution is -2.18. The van der Waals surface area contributed by atoms with Crippen LogP contribution in [0.5, 0.6) is 5.75 Å². The zero-order valence-electron chi connectivity index (χ0n) is 12.4. The molecule has 1 aliphatic carbocycles. The van der Waals surface area contributed by atoms with Crippen molar-refractivity contribution in [2.75, 3.05) is 6.61 Å². The molecule has 1 aromatic heterocycles. The minimum Gasteiger partial charge on any atom is -0.492 e. The third-order valence-electron chi connectivity index (χ3n) is 4.63. The fraction of sp³-hybridized carbons (Fsp3) is 0.444. The fourth-order valence-electron chi connectivity index (χ4n) is 3.34. The van der Waals surface area contributed by atoms with Gasteiger partial charge in [0.15, 0.2) is 0 Å². The van der Waals surface area contributed by atoms with Crippen molar-refractivity contribution in [1.29, 1.82) is 0 Å². The third kappa shape index (κ3) is 2.25. The maximum atomic E-state index is 5.79. The zero-order chi connectivity index (χ0) is 14.6. The molecule has 1 atom stereocenters. The van der Waals surface area contributed by atoms with E-state index in [0.717, 1.165) is 12.4 Å². The molecule has 0 amide bonds. The maximum Gasteiger partial charge on any atom is 0.123 e. The summed E-state index contributed by atoms with van der Waals surface area (Å²) in [5.41, 5.74) is 4.38. The van der Waals surface area contributed by atoms with Crippen LogP contribution in [-0.2, 0) is 18.3 Å². The van der Waals surface area contributed by atoms with Gasteiger partial charge in [-0.2, -0.15) is 0 Å². The Bertz CT molecular complexity index is 680. The van der Waals surface area contributed by atoms with E-state index in [-0.39, 0.29) is 5.41 Å². The molecule has 1 aromatic carbocycles. The van der Waals surface area contributed by atoms with Crippen molar-refractivity contribution in [3.8, 4) is 5.75 Å². The molecule has 2 heterocycles. The zero-order valence-corrected chi connectivity index (χ0v) is 14.8. The highest BCUT2D eigenvalue weighted by Crippen LogP contribution is 2.44. The second-order valence-corrected chi connectivity index (χ2v) is 8.83. The standard InChI is InChI=1S/C18H19BrOS/c1-18(2)10-20-14-7-6-12(8-13(14)18)17(19)16-9-11-4-3-5-15(11)21-16/h6-9,17H,3-5,10H2,1-2H3. The van der Waals surface area contributed by atoms with Crippen molar-refractivity contribution in [2.45, 2.75) is 43.4 Å². The molecule has 1 aliphatic heterocycles. The summed E-state index contributed by atoms with van der Waals surface area (Å²) in [5.74, 6) is 1.05. The van der Waals surface area contributed by atoms with Crippen LogP contribution < -0.4 is 4.74 Å². The van der Waals surface area contributed by atoms with Gasteiger partial charge in [0.25, 0.3) is 0 Å². The second-order valence-electron chi connectivity index (χ2n) is 6.74. The SMILES string of the molecule is CC1(C)COc2ccc(C(Br)c3cc4c(s3)CCC4)cc21. The Morgan fingerprint density at radius 1 is 1.24 bits per heavy atom. The minimum absolute atomic E-state index is 0.120. The van der Waals surface area contributed by atoms with Crippen LogP contribution in [0.3, 0.4) is 0 Å². The van der Waals surface area contributed by atoms with E-state index >= 15 is 0 Å². The minimum atomic E-state index is 0.120. The first-order chi connectivity index (χ1) is 10.0. The van der Waals surface area contributed by atoms with Gasteiger partial charge in [0.05, 0.1) is 11.4 Å². The second kappa shape index (κ2) is 4.85. The summed E-state index contributed by atoms with van der Waals surface area (Å²) in [5, 5.41) is 0. The van der Waals surface area contributed by atoms with E-state index in [1.54, 1.807) is 10.4 Å². The van der Waals surface area contributed by atoms with Gasteiger partial charge < -0.3 is 4.74 Å². The van der Waals surface area contributed by atoms with Gasteiger partial charge in [0.2, 0.25) is 0 Å². The van der Waals surface area contributed by atoms with E-state index in [1.165, 1.54) is 35.3 Å². The van der Waals surface area contributed by atoms with Gasteiger partial charge in [-0.05, 0) is 48.6 Å². The molecule has 0 spiro atoms. The highest BCUT2D eigenvalue weighted by atomic mass is 79.9. The lowest BCUT2D eigenvalue weighted by molar-refractivity contribution is 0.291. The Kier molecular flexibility index (Phi) is 3.20. The molecule has 110 valence electrons. The largest absolute Gasteiger partial charge is 0.492 e. The van der Waals surface area contributed by atoms with Gasteiger partial charge in [-0.25, -0.2) is 0 Å². The Morgan fingerprint density at radius 2 is 2.10 bits per heavy atom. The Hall–Kier alpha value is -0.800. The fourth-order valence-corrected chi connectivity index (χ4v) is 5.30. The van der Waals surface area contributed by atoms with Crippen molar-refractivity contribution >= 4 is 27.3 Å². The van der Waals surface area contributed by atoms with E-state index < -0.39 is 0 Å². The summed E-state index contributed by atoms with van der Waals surface area (Å²) < 4.78 is 5.79. The van der Waals surface area contributed by atoms with Crippen molar-refractivity contribution < 1.29 is 4.74 Å². The Balaban J connectivity index is 1.70. The molecule has 21 heavy (non-hydrogen) atoms. The van der Waals surface area contributed by atoms with E-state index in [1.807, 2.05) is 11.3 Å². The first kappa shape index (κ1) is 13.8. The van der Waals surface area contributed by atoms with Crippen molar-refractivity contribution in [1.82, 2.24) is 0 Å². The van der Waals surface area contributed by atoms with Crippen LogP contribution >= 0.6 is 27.3 Å². The first-order valence-electron chi connectivity index (χ1n) is 7.57. The van der Waals surface area contributed by atoms with Gasteiger partial charge in [0, 0.05) is 20.7 Å². The molecule has 1 nitrogen and oxygen atoms in total. The van der Waals surface area contributed by atoms with Crippen LogP contribution in [-0.4, -0.2) is 6.61 Å². The van der Waals surface area contributed by atoms with Crippen LogP contribution in [0.2, 0.25) is 0 Å². The molecular weight excluding hydrogens is 344 g/mol. The average molecular weight is 363 g/mol. The first-order valence-corrected chi connectivity index (χ1v) is 9.30. The summed E-state index contributed by atoms with van der Waals surface area (Å²) in [6, 6.07) is 9.06. The monoisotopic (exact) mass is 362 g/mol. The number of benzene rings is 1. The number of fused-ring (bicyclic) bond motifs is 2. The molecule has 0 N–H and O–H groups in total. The summed E-state index contributed by atoms with van der Waals surface area (Å²) >= 11 is 5.89. The summed E-state index contributed by atoms with van der Waals surface area (Å²) in [4.78, 5) is 3.34. The molecule has 3 heteroatoms. The summed E-state index contributed by atoms with van der Waals surface area (Å²) in [7, 11) is 0. The molecule has 1 unspecified atom stereocenters. The smallest absolute Gasteiger partial charge is 0.123 e. The predicted octanol–water partition coefficient (Wildman–Crippen LogP) is 5.39. The number of hydrogen-bond donors (Lipinski definition) is 0. The molecule has 0 radical (unpaired) electrons. The van der Waals surface area contributed by atoms with Gasteiger partial charge in [-0.1, -0.05) is 35.8 Å². The number of hydrogen-bond acceptors (Lipinski definition) is 2. The average Bonchev–Trinajstić information content (AvgIpc) is 3.11. The molecule has 2 aromatic rings. The highest BCUT2D eigenvalue weighted by Gasteiger charge is 2.32. The molecule has 0 saturated heterocycles. The van der Waals surface area contributed by atoms with Gasteiger partial charge in [-0.15, -0.1) is 11.3 Å². The Morgan fingerprint density at radius 3 is 2.90 bits per heavy atom. The van der Waals surface area contributed by atoms with Crippen molar-refractivity contribution in [3.05, 3.63) is 50.7 Å². The number of ether oxygens (including phenoxy) is 1. The maximum absolute atomic E-state index is 5.79. The van der Waals surface area contributed by atoms with Gasteiger partial charge in [-0.3, -0.25) is 0 Å². The van der Waals surface area contributed by atoms with E-state index in [2.05, 4.69) is 54.0 Å². The summed E-state index contributed by atoms with van der Waals surface area (Å²) in [6.45, 7) is 5.29. The quantitative estimate of drug-likeness (QED) is 0.650. The van der Waals surface area contributed by atoms with E-state index in [9.17, 15) is 0 Å². The topological polar surface area (TPSA) is 9.23 Å². The lowest BCUT2D eigenvalue weighted by atomic mass is 9.86. The van der Waals surface area contributed by atoms with Crippen LogP contribution in [0, 0.1) is 0 Å². The summed E-state index contributed by atoms with van der Waals surface area (Å²) in [6.07, 6.45) is 3.86. The van der Waals surface area contributed by atoms with Gasteiger partial charge >= 0.3 is 0 Å². The van der Waals surface area contributed by atoms with Crippen LogP contribution in [0.1, 0.15) is 51.5 Å². The number of halogens is 1. The number of alkyl halides is 1. The van der Waals surface area contributed by atoms with Crippen LogP contribution in [0.15, 0.2) is 24.3 Å². The normalized spacial score (nSPS) is 20.0. The molecule has 0 bridgehead atoms. The molecule has 0 fully saturated rings.